The normalized spacial score (nSPS) is 12.7. The summed E-state index contributed by atoms with van der Waals surface area (Å²) in [5, 5.41) is 3.30. The molecule has 2 nitrogen and oxygen atoms in total. The van der Waals surface area contributed by atoms with Gasteiger partial charge in [0.1, 0.15) is 0 Å². The van der Waals surface area contributed by atoms with Crippen molar-refractivity contribution < 1.29 is 4.21 Å². The van der Waals surface area contributed by atoms with Crippen molar-refractivity contribution in [2.75, 3.05) is 18.1 Å². The Labute approximate surface area is 108 Å². The number of benzene rings is 1. The molecule has 0 fully saturated rings. The smallest absolute Gasteiger partial charge is 0.0360 e. The van der Waals surface area contributed by atoms with E-state index in [1.807, 2.05) is 6.92 Å². The van der Waals surface area contributed by atoms with Gasteiger partial charge in [0.15, 0.2) is 0 Å². The lowest BCUT2D eigenvalue weighted by atomic mass is 10.1. The molecule has 0 aromatic heterocycles. The highest BCUT2D eigenvalue weighted by Crippen LogP contribution is 2.17. The third kappa shape index (κ3) is 4.76. The van der Waals surface area contributed by atoms with Crippen LogP contribution in [0.1, 0.15) is 18.1 Å². The van der Waals surface area contributed by atoms with Gasteiger partial charge in [0.25, 0.3) is 0 Å². The van der Waals surface area contributed by atoms with Crippen LogP contribution in [0, 0.1) is 6.92 Å². The monoisotopic (exact) mass is 303 g/mol. The molecule has 0 amide bonds. The van der Waals surface area contributed by atoms with Crippen molar-refractivity contribution in [3.8, 4) is 0 Å². The summed E-state index contributed by atoms with van der Waals surface area (Å²) in [6, 6.07) is 6.34. The van der Waals surface area contributed by atoms with E-state index < -0.39 is 10.8 Å². The summed E-state index contributed by atoms with van der Waals surface area (Å²) in [5.41, 5.74) is 2.50. The molecule has 90 valence electrons. The van der Waals surface area contributed by atoms with E-state index >= 15 is 0 Å². The fourth-order valence-corrected chi connectivity index (χ4v) is 2.40. The van der Waals surface area contributed by atoms with Crippen LogP contribution in [0.15, 0.2) is 22.7 Å². The molecule has 0 saturated carbocycles. The van der Waals surface area contributed by atoms with Crippen LogP contribution in [0.25, 0.3) is 0 Å². The number of nitrogens with one attached hydrogen (secondary N) is 1. The lowest BCUT2D eigenvalue weighted by Gasteiger charge is -2.06. The lowest BCUT2D eigenvalue weighted by molar-refractivity contribution is 0.674. The summed E-state index contributed by atoms with van der Waals surface area (Å²) in [7, 11) is -0.665. The minimum Gasteiger partial charge on any atom is -0.312 e. The van der Waals surface area contributed by atoms with Gasteiger partial charge in [-0.25, -0.2) is 0 Å². The van der Waals surface area contributed by atoms with Gasteiger partial charge in [-0.3, -0.25) is 4.21 Å². The summed E-state index contributed by atoms with van der Waals surface area (Å²) in [4.78, 5) is 0. The first-order chi connectivity index (χ1) is 7.63. The first kappa shape index (κ1) is 13.9. The molecule has 0 heterocycles. The van der Waals surface area contributed by atoms with Gasteiger partial charge in [0.05, 0.1) is 0 Å². The van der Waals surface area contributed by atoms with E-state index in [1.54, 1.807) is 0 Å². The van der Waals surface area contributed by atoms with E-state index in [0.717, 1.165) is 29.1 Å². The van der Waals surface area contributed by atoms with Crippen molar-refractivity contribution in [3.63, 3.8) is 0 Å². The van der Waals surface area contributed by atoms with E-state index in [2.05, 4.69) is 46.4 Å². The van der Waals surface area contributed by atoms with Crippen LogP contribution in [0.4, 0.5) is 0 Å². The fraction of sp³-hybridized carbons (Fsp3) is 0.500. The van der Waals surface area contributed by atoms with Crippen molar-refractivity contribution in [2.45, 2.75) is 20.4 Å². The first-order valence-corrected chi connectivity index (χ1v) is 7.72. The van der Waals surface area contributed by atoms with E-state index in [1.165, 1.54) is 11.1 Å². The standard InChI is InChI=1S/C12H18BrNOS/c1-3-16(15)7-6-14-9-11-5-4-10(2)12(13)8-11/h4-5,8,14H,3,6-7,9H2,1-2H3. The molecule has 16 heavy (non-hydrogen) atoms. The summed E-state index contributed by atoms with van der Waals surface area (Å²) in [6.07, 6.45) is 0. The highest BCUT2D eigenvalue weighted by molar-refractivity contribution is 9.10. The first-order valence-electron chi connectivity index (χ1n) is 5.44. The highest BCUT2D eigenvalue weighted by atomic mass is 79.9. The Balaban J connectivity index is 2.32. The van der Waals surface area contributed by atoms with Crippen molar-refractivity contribution in [1.29, 1.82) is 0 Å². The molecule has 1 aromatic rings. The molecular weight excluding hydrogens is 286 g/mol. The maximum Gasteiger partial charge on any atom is 0.0360 e. The van der Waals surface area contributed by atoms with Crippen molar-refractivity contribution in [1.82, 2.24) is 5.32 Å². The molecular formula is C12H18BrNOS. The molecule has 1 rings (SSSR count). The summed E-state index contributed by atoms with van der Waals surface area (Å²) in [6.45, 7) is 5.67. The number of rotatable bonds is 6. The Kier molecular flexibility index (Phi) is 6.24. The van der Waals surface area contributed by atoms with Gasteiger partial charge in [-0.15, -0.1) is 0 Å². The maximum absolute atomic E-state index is 11.2. The third-order valence-corrected chi connectivity index (χ3v) is 4.55. The lowest BCUT2D eigenvalue weighted by Crippen LogP contribution is -2.20. The topological polar surface area (TPSA) is 29.1 Å². The van der Waals surface area contributed by atoms with Crippen molar-refractivity contribution in [3.05, 3.63) is 33.8 Å². The summed E-state index contributed by atoms with van der Waals surface area (Å²) in [5.74, 6) is 1.49. The molecule has 1 N–H and O–H groups in total. The molecule has 0 saturated heterocycles. The van der Waals surface area contributed by atoms with Crippen LogP contribution in [0.2, 0.25) is 0 Å². The second-order valence-electron chi connectivity index (χ2n) is 3.69. The zero-order valence-electron chi connectivity index (χ0n) is 9.75. The molecule has 0 bridgehead atoms. The van der Waals surface area contributed by atoms with Gasteiger partial charge in [-0.1, -0.05) is 35.0 Å². The van der Waals surface area contributed by atoms with Gasteiger partial charge in [-0.2, -0.15) is 0 Å². The minimum atomic E-state index is -0.665. The molecule has 0 radical (unpaired) electrons. The highest BCUT2D eigenvalue weighted by Gasteiger charge is 1.98. The Bertz CT molecular complexity index is 368. The number of halogens is 1. The van der Waals surface area contributed by atoms with Gasteiger partial charge in [0.2, 0.25) is 0 Å². The molecule has 4 heteroatoms. The Morgan fingerprint density at radius 3 is 2.81 bits per heavy atom. The van der Waals surface area contributed by atoms with Gasteiger partial charge in [0, 0.05) is 39.9 Å². The summed E-state index contributed by atoms with van der Waals surface area (Å²) >= 11 is 3.51. The molecule has 1 unspecified atom stereocenters. The zero-order valence-corrected chi connectivity index (χ0v) is 12.2. The Morgan fingerprint density at radius 1 is 1.44 bits per heavy atom. The predicted octanol–water partition coefficient (Wildman–Crippen LogP) is 2.62. The SMILES string of the molecule is CCS(=O)CCNCc1ccc(C)c(Br)c1. The van der Waals surface area contributed by atoms with Crippen LogP contribution in [0.5, 0.6) is 0 Å². The van der Waals surface area contributed by atoms with Gasteiger partial charge < -0.3 is 5.32 Å². The maximum atomic E-state index is 11.2. The van der Waals surface area contributed by atoms with E-state index in [4.69, 9.17) is 0 Å². The Morgan fingerprint density at radius 2 is 2.19 bits per heavy atom. The van der Waals surface area contributed by atoms with Crippen LogP contribution in [0.3, 0.4) is 0 Å². The number of hydrogen-bond donors (Lipinski definition) is 1. The van der Waals surface area contributed by atoms with Gasteiger partial charge in [-0.05, 0) is 24.1 Å². The van der Waals surface area contributed by atoms with E-state index in [9.17, 15) is 4.21 Å². The quantitative estimate of drug-likeness (QED) is 0.819. The molecule has 0 spiro atoms. The fourth-order valence-electron chi connectivity index (χ4n) is 1.31. The molecule has 0 aliphatic carbocycles. The Hall–Kier alpha value is -0.190. The number of aryl methyl sites for hydroxylation is 1. The van der Waals surface area contributed by atoms with Crippen molar-refractivity contribution >= 4 is 26.7 Å². The zero-order chi connectivity index (χ0) is 12.0. The third-order valence-electron chi connectivity index (χ3n) is 2.39. The van der Waals surface area contributed by atoms with E-state index in [-0.39, 0.29) is 0 Å². The van der Waals surface area contributed by atoms with Gasteiger partial charge >= 0.3 is 0 Å². The minimum absolute atomic E-state index is 0.665. The second-order valence-corrected chi connectivity index (χ2v) is 6.41. The average molecular weight is 304 g/mol. The predicted molar refractivity (Wildman–Crippen MR) is 74.1 cm³/mol. The molecule has 1 aromatic carbocycles. The number of hydrogen-bond acceptors (Lipinski definition) is 2. The second kappa shape index (κ2) is 7.20. The van der Waals surface area contributed by atoms with Crippen LogP contribution < -0.4 is 5.32 Å². The van der Waals surface area contributed by atoms with E-state index in [0.29, 0.717) is 0 Å². The molecule has 0 aliphatic rings. The largest absolute Gasteiger partial charge is 0.312 e. The van der Waals surface area contributed by atoms with Crippen molar-refractivity contribution in [2.24, 2.45) is 0 Å². The van der Waals surface area contributed by atoms with Crippen LogP contribution in [-0.2, 0) is 17.3 Å². The van der Waals surface area contributed by atoms with Crippen LogP contribution >= 0.6 is 15.9 Å². The molecule has 0 aliphatic heterocycles. The average Bonchev–Trinajstić information content (AvgIpc) is 2.28. The van der Waals surface area contributed by atoms with Crippen LogP contribution in [-0.4, -0.2) is 22.3 Å². The molecule has 1 atom stereocenters. The summed E-state index contributed by atoms with van der Waals surface area (Å²) < 4.78 is 12.3.